The first-order valence-corrected chi connectivity index (χ1v) is 26.8. The topological polar surface area (TPSA) is 243 Å². The van der Waals surface area contributed by atoms with Crippen LogP contribution in [0.4, 0.5) is 50.3 Å². The summed E-state index contributed by atoms with van der Waals surface area (Å²) in [7, 11) is -5.35. The molecule has 0 aliphatic rings. The van der Waals surface area contributed by atoms with Crippen molar-refractivity contribution in [3.05, 3.63) is 117 Å². The monoisotopic (exact) mass is 1250 g/mol. The Balaban J connectivity index is 0. The molecule has 0 saturated heterocycles. The van der Waals surface area contributed by atoms with Crippen LogP contribution in [0, 0.1) is 51.4 Å². The molecule has 0 atom stereocenters. The molecule has 0 bridgehead atoms. The summed E-state index contributed by atoms with van der Waals surface area (Å²) >= 11 is 2.19. The average Bonchev–Trinajstić information content (AvgIpc) is 3.33. The van der Waals surface area contributed by atoms with E-state index in [9.17, 15) is 36.0 Å². The van der Waals surface area contributed by atoms with Gasteiger partial charge in [0, 0.05) is 56.2 Å². The quantitative estimate of drug-likeness (QED) is 0.0174. The van der Waals surface area contributed by atoms with E-state index in [1.54, 1.807) is 57.2 Å². The molecule has 0 aromatic heterocycles. The van der Waals surface area contributed by atoms with Crippen LogP contribution in [-0.4, -0.2) is 105 Å². The summed E-state index contributed by atoms with van der Waals surface area (Å²) in [6, 6.07) is 29.4. The number of rotatable bonds is 9. The summed E-state index contributed by atoms with van der Waals surface area (Å²) in [4.78, 5) is 34.6. The van der Waals surface area contributed by atoms with Gasteiger partial charge < -0.3 is 39.6 Å². The SMILES string of the molecule is C#CCO.CC(C)(C)OC(=O)Nc1cccc(C#CCO)c1.CC(C)(C)OC(=O)Nc1cccc(I)c1.CCOCC#Cc1cccc(N)c1.CCOCC#Cc1cccc(NC(=O)OC(C)(C)C)c1.CCOS(=O)(=O)C(F)(F)F. The number of nitrogens with two attached hydrogens (primary N) is 1. The van der Waals surface area contributed by atoms with Crippen LogP contribution in [0.3, 0.4) is 0 Å². The summed E-state index contributed by atoms with van der Waals surface area (Å²) in [6.45, 7) is 22.8. The van der Waals surface area contributed by atoms with Gasteiger partial charge in [-0.2, -0.15) is 21.6 Å². The first-order chi connectivity index (χ1) is 37.2. The van der Waals surface area contributed by atoms with Crippen LogP contribution in [0.5, 0.6) is 0 Å². The summed E-state index contributed by atoms with van der Waals surface area (Å²) in [6.07, 6.45) is 3.12. The average molecular weight is 1250 g/mol. The predicted octanol–water partition coefficient (Wildman–Crippen LogP) is 11.6. The lowest BCUT2D eigenvalue weighted by Crippen LogP contribution is -2.27. The fourth-order valence-electron chi connectivity index (χ4n) is 4.74. The number of aliphatic hydroxyl groups is 2. The number of benzene rings is 4. The zero-order valence-corrected chi connectivity index (χ0v) is 50.1. The molecule has 17 nitrogen and oxygen atoms in total. The molecule has 0 saturated carbocycles. The second-order valence-corrected chi connectivity index (χ2v) is 21.0. The fourth-order valence-corrected chi connectivity index (χ4v) is 5.73. The highest BCUT2D eigenvalue weighted by Crippen LogP contribution is 2.24. The first-order valence-electron chi connectivity index (χ1n) is 24.3. The number of carbonyl (C=O) groups excluding carboxylic acids is 3. The van der Waals surface area contributed by atoms with E-state index in [2.05, 4.69) is 84.7 Å². The number of terminal acetylenes is 1. The normalized spacial score (nSPS) is 10.4. The molecule has 7 N–H and O–H groups in total. The molecule has 3 amide bonds. The number of aliphatic hydroxyl groups excluding tert-OH is 2. The number of ether oxygens (including phenoxy) is 5. The van der Waals surface area contributed by atoms with E-state index in [1.807, 2.05) is 122 Å². The largest absolute Gasteiger partial charge is 0.523 e. The van der Waals surface area contributed by atoms with Crippen LogP contribution in [0.15, 0.2) is 97.1 Å². The van der Waals surface area contributed by atoms with Crippen LogP contribution in [-0.2, 0) is 38.0 Å². The Morgan fingerprint density at radius 1 is 0.575 bits per heavy atom. The zero-order chi connectivity index (χ0) is 61.4. The van der Waals surface area contributed by atoms with Gasteiger partial charge in [0.2, 0.25) is 0 Å². The Hall–Kier alpha value is -7.00. The van der Waals surface area contributed by atoms with Crippen molar-refractivity contribution in [2.75, 3.05) is 67.9 Å². The third-order valence-corrected chi connectivity index (χ3v) is 9.34. The Kier molecular flexibility index (Phi) is 37.7. The standard InChI is InChI=1S/C16H21NO3.C14H17NO3.C11H14INO2.C11H13NO.C3H5F3O3S.C3H4O/c1-5-19-11-7-9-13-8-6-10-14(12-13)17-15(18)20-16(2,3)4;1-14(2,3)18-13(17)15-12-8-4-6-11(10-12)7-5-9-16;1-11(2,3)15-10(14)13-9-6-4-5-8(12)7-9;1-2-13-8-4-6-10-5-3-7-11(12)9-10;1-2-9-10(7,8)3(4,5)6;1-2-3-4/h6,8,10,12H,5,11H2,1-4H3,(H,17,18);4,6,8,10,16H,9H2,1-3H3,(H,15,17);4-7H,1-3H3,(H,13,14);3,5,7,9H,2,8,12H2,1H3;2H2,1H3;1,4H,3H2. The number of hydrogen-bond acceptors (Lipinski definition) is 14. The number of nitrogens with one attached hydrogen (secondary N) is 3. The molecule has 4 aromatic carbocycles. The minimum absolute atomic E-state index is 0.153. The van der Waals surface area contributed by atoms with E-state index >= 15 is 0 Å². The Morgan fingerprint density at radius 3 is 1.23 bits per heavy atom. The van der Waals surface area contributed by atoms with E-state index in [4.69, 9.17) is 39.6 Å². The van der Waals surface area contributed by atoms with Gasteiger partial charge in [-0.15, -0.1) is 6.42 Å². The lowest BCUT2D eigenvalue weighted by molar-refractivity contribution is -0.0539. The van der Waals surface area contributed by atoms with Gasteiger partial charge in [-0.05, 0) is 178 Å². The number of anilines is 4. The Bertz CT molecular complexity index is 2840. The summed E-state index contributed by atoms with van der Waals surface area (Å²) < 4.78 is 83.9. The molecule has 80 heavy (non-hydrogen) atoms. The molecule has 0 unspecified atom stereocenters. The van der Waals surface area contributed by atoms with Crippen LogP contribution < -0.4 is 21.7 Å². The van der Waals surface area contributed by atoms with E-state index in [0.717, 1.165) is 38.6 Å². The molecule has 22 heteroatoms. The molecule has 438 valence electrons. The third-order valence-electron chi connectivity index (χ3n) is 7.55. The lowest BCUT2D eigenvalue weighted by atomic mass is 10.2. The van der Waals surface area contributed by atoms with Crippen LogP contribution in [0.25, 0.3) is 0 Å². The van der Waals surface area contributed by atoms with Gasteiger partial charge in [-0.3, -0.25) is 20.1 Å². The maximum Gasteiger partial charge on any atom is 0.523 e. The second-order valence-electron chi connectivity index (χ2n) is 18.2. The van der Waals surface area contributed by atoms with Crippen molar-refractivity contribution in [3.63, 3.8) is 0 Å². The number of alkyl halides is 3. The van der Waals surface area contributed by atoms with Crippen molar-refractivity contribution in [2.45, 2.75) is 105 Å². The zero-order valence-electron chi connectivity index (χ0n) is 47.1. The molecule has 0 fully saturated rings. The van der Waals surface area contributed by atoms with Gasteiger partial charge in [0.25, 0.3) is 0 Å². The highest BCUT2D eigenvalue weighted by atomic mass is 127. The number of amides is 3. The van der Waals surface area contributed by atoms with Crippen molar-refractivity contribution in [1.29, 1.82) is 0 Å². The minimum atomic E-state index is -5.35. The molecule has 0 aliphatic carbocycles. The van der Waals surface area contributed by atoms with Gasteiger partial charge in [0.05, 0.1) is 6.61 Å². The predicted molar refractivity (Wildman–Crippen MR) is 316 cm³/mol. The second kappa shape index (κ2) is 40.2. The van der Waals surface area contributed by atoms with Crippen molar-refractivity contribution < 1.29 is 74.1 Å². The van der Waals surface area contributed by atoms with Crippen LogP contribution in [0.2, 0.25) is 0 Å². The Morgan fingerprint density at radius 2 is 0.925 bits per heavy atom. The fraction of sp³-hybridized carbons (Fsp3) is 0.397. The summed E-state index contributed by atoms with van der Waals surface area (Å²) in [5.74, 6) is 19.0. The number of hydrogen-bond donors (Lipinski definition) is 6. The number of carbonyl (C=O) groups is 3. The van der Waals surface area contributed by atoms with E-state index < -0.39 is 57.3 Å². The van der Waals surface area contributed by atoms with Gasteiger partial charge >= 0.3 is 33.9 Å². The molecular formula is C58H74F3IN4O13S. The third kappa shape index (κ3) is 43.0. The van der Waals surface area contributed by atoms with Crippen molar-refractivity contribution in [3.8, 4) is 47.9 Å². The highest BCUT2D eigenvalue weighted by Gasteiger charge is 2.46. The van der Waals surface area contributed by atoms with E-state index in [-0.39, 0.29) is 13.2 Å². The minimum Gasteiger partial charge on any atom is -0.444 e. The first kappa shape index (κ1) is 75.1. The molecular weight excluding hydrogens is 1180 g/mol. The van der Waals surface area contributed by atoms with Gasteiger partial charge in [-0.1, -0.05) is 65.7 Å². The highest BCUT2D eigenvalue weighted by molar-refractivity contribution is 14.1. The van der Waals surface area contributed by atoms with E-state index in [0.29, 0.717) is 37.8 Å². The molecule has 0 heterocycles. The number of nitrogen functional groups attached to an aromatic ring is 1. The van der Waals surface area contributed by atoms with E-state index in [1.165, 1.54) is 0 Å². The maximum atomic E-state index is 11.6. The van der Waals surface area contributed by atoms with Gasteiger partial charge in [-0.25, -0.2) is 14.4 Å². The van der Waals surface area contributed by atoms with Crippen molar-refractivity contribution >= 4 is 73.7 Å². The van der Waals surface area contributed by atoms with Crippen LogP contribution in [0.1, 0.15) is 99.8 Å². The van der Waals surface area contributed by atoms with Crippen molar-refractivity contribution in [1.82, 2.24) is 0 Å². The lowest BCUT2D eigenvalue weighted by Gasteiger charge is -2.19. The Labute approximate surface area is 483 Å². The summed E-state index contributed by atoms with van der Waals surface area (Å²) in [5.41, 5.74) is 3.99. The summed E-state index contributed by atoms with van der Waals surface area (Å²) in [5, 5.41) is 24.2. The molecule has 4 rings (SSSR count). The molecule has 0 radical (unpaired) electrons. The smallest absolute Gasteiger partial charge is 0.444 e. The molecule has 0 spiro atoms. The maximum absolute atomic E-state index is 11.6. The van der Waals surface area contributed by atoms with Crippen LogP contribution >= 0.6 is 22.6 Å². The molecule has 4 aromatic rings. The molecule has 0 aliphatic heterocycles. The van der Waals surface area contributed by atoms with Gasteiger partial charge in [0.1, 0.15) is 43.2 Å². The number of halogens is 4. The van der Waals surface area contributed by atoms with Gasteiger partial charge in [0.15, 0.2) is 0 Å². The van der Waals surface area contributed by atoms with Crippen molar-refractivity contribution in [2.24, 2.45) is 0 Å².